The van der Waals surface area contributed by atoms with Crippen LogP contribution in [0.15, 0.2) is 40.9 Å². The summed E-state index contributed by atoms with van der Waals surface area (Å²) in [6.45, 7) is 2.51. The third-order valence-electron chi connectivity index (χ3n) is 5.01. The van der Waals surface area contributed by atoms with Crippen LogP contribution >= 0.6 is 0 Å². The number of methoxy groups -OCH3 is 1. The number of nitriles is 1. The van der Waals surface area contributed by atoms with E-state index in [4.69, 9.17) is 14.5 Å². The molecular weight excluding hydrogens is 392 g/mol. The Balaban J connectivity index is 1.38. The molecule has 1 aliphatic rings. The standard InChI is InChI=1S/C21H19F2N5O2/c1-29-16-4-2-15(3-5-16)21-25-19(30-26-21)13-27-6-8-28(9-7-27)20-17(22)10-14(12-24)11-18(20)23/h2-5,10-11H,6-9,13H2,1H3. The smallest absolute Gasteiger partial charge is 0.241 e. The van der Waals surface area contributed by atoms with Gasteiger partial charge >= 0.3 is 0 Å². The van der Waals surface area contributed by atoms with Crippen LogP contribution in [-0.4, -0.2) is 48.3 Å². The highest BCUT2D eigenvalue weighted by Crippen LogP contribution is 2.26. The number of ether oxygens (including phenoxy) is 1. The minimum atomic E-state index is -0.721. The zero-order chi connectivity index (χ0) is 21.1. The molecule has 0 radical (unpaired) electrons. The van der Waals surface area contributed by atoms with Crippen molar-refractivity contribution >= 4 is 5.69 Å². The Labute approximate surface area is 172 Å². The summed E-state index contributed by atoms with van der Waals surface area (Å²) in [6, 6.07) is 11.2. The molecule has 4 rings (SSSR count). The molecule has 9 heteroatoms. The van der Waals surface area contributed by atoms with Crippen molar-refractivity contribution in [1.29, 1.82) is 5.26 Å². The fourth-order valence-electron chi connectivity index (χ4n) is 3.43. The maximum Gasteiger partial charge on any atom is 0.241 e. The number of piperazine rings is 1. The van der Waals surface area contributed by atoms with Crippen molar-refractivity contribution in [3.05, 3.63) is 59.5 Å². The van der Waals surface area contributed by atoms with Crippen LogP contribution in [0.5, 0.6) is 5.75 Å². The second kappa shape index (κ2) is 8.47. The third-order valence-corrected chi connectivity index (χ3v) is 5.01. The molecule has 1 aromatic heterocycles. The van der Waals surface area contributed by atoms with Gasteiger partial charge in [-0.15, -0.1) is 0 Å². The van der Waals surface area contributed by atoms with Crippen LogP contribution in [0, 0.1) is 23.0 Å². The first kappa shape index (κ1) is 19.8. The van der Waals surface area contributed by atoms with E-state index in [-0.39, 0.29) is 11.3 Å². The minimum absolute atomic E-state index is 0.0311. The van der Waals surface area contributed by atoms with Gasteiger partial charge in [-0.2, -0.15) is 10.2 Å². The van der Waals surface area contributed by atoms with E-state index in [2.05, 4.69) is 15.0 Å². The Hall–Kier alpha value is -3.51. The summed E-state index contributed by atoms with van der Waals surface area (Å²) < 4.78 is 39.0. The highest BCUT2D eigenvalue weighted by atomic mass is 19.1. The molecule has 0 spiro atoms. The van der Waals surface area contributed by atoms with Gasteiger partial charge in [0, 0.05) is 31.7 Å². The first-order valence-electron chi connectivity index (χ1n) is 9.41. The lowest BCUT2D eigenvalue weighted by atomic mass is 10.1. The Morgan fingerprint density at radius 2 is 1.77 bits per heavy atom. The molecule has 2 aromatic carbocycles. The van der Waals surface area contributed by atoms with Crippen molar-refractivity contribution in [2.24, 2.45) is 0 Å². The van der Waals surface area contributed by atoms with Crippen molar-refractivity contribution in [2.45, 2.75) is 6.54 Å². The number of anilines is 1. The molecular formula is C21H19F2N5O2. The fraction of sp³-hybridized carbons (Fsp3) is 0.286. The van der Waals surface area contributed by atoms with Crippen molar-refractivity contribution in [3.8, 4) is 23.2 Å². The Bertz CT molecular complexity index is 1050. The molecule has 0 N–H and O–H groups in total. The number of hydrogen-bond acceptors (Lipinski definition) is 7. The number of halogens is 2. The molecule has 3 aromatic rings. The molecule has 0 bridgehead atoms. The summed E-state index contributed by atoms with van der Waals surface area (Å²) >= 11 is 0. The molecule has 0 unspecified atom stereocenters. The normalized spacial score (nSPS) is 14.5. The summed E-state index contributed by atoms with van der Waals surface area (Å²) in [5, 5.41) is 12.9. The summed E-state index contributed by atoms with van der Waals surface area (Å²) in [7, 11) is 1.60. The molecule has 7 nitrogen and oxygen atoms in total. The zero-order valence-corrected chi connectivity index (χ0v) is 16.3. The van der Waals surface area contributed by atoms with Gasteiger partial charge in [0.05, 0.1) is 25.3 Å². The molecule has 1 saturated heterocycles. The number of nitrogens with zero attached hydrogens (tertiary/aromatic N) is 5. The van der Waals surface area contributed by atoms with Crippen LogP contribution in [0.25, 0.3) is 11.4 Å². The van der Waals surface area contributed by atoms with Crippen LogP contribution in [-0.2, 0) is 6.54 Å². The van der Waals surface area contributed by atoms with Crippen LogP contribution in [0.2, 0.25) is 0 Å². The summed E-state index contributed by atoms with van der Waals surface area (Å²) in [6.07, 6.45) is 0. The van der Waals surface area contributed by atoms with E-state index in [1.165, 1.54) is 0 Å². The quantitative estimate of drug-likeness (QED) is 0.638. The second-order valence-corrected chi connectivity index (χ2v) is 6.90. The lowest BCUT2D eigenvalue weighted by Crippen LogP contribution is -2.46. The Morgan fingerprint density at radius 3 is 2.37 bits per heavy atom. The third kappa shape index (κ3) is 4.09. The van der Waals surface area contributed by atoms with E-state index >= 15 is 0 Å². The van der Waals surface area contributed by atoms with Gasteiger partial charge in [0.15, 0.2) is 11.6 Å². The summed E-state index contributed by atoms with van der Waals surface area (Å²) in [5.41, 5.74) is 0.701. The highest BCUT2D eigenvalue weighted by molar-refractivity contribution is 5.55. The van der Waals surface area contributed by atoms with E-state index < -0.39 is 11.6 Å². The minimum Gasteiger partial charge on any atom is -0.497 e. The first-order valence-corrected chi connectivity index (χ1v) is 9.41. The molecule has 0 aliphatic carbocycles. The van der Waals surface area contributed by atoms with Crippen LogP contribution in [0.4, 0.5) is 14.5 Å². The molecule has 0 atom stereocenters. The average Bonchev–Trinajstić information content (AvgIpc) is 3.23. The van der Waals surface area contributed by atoms with Crippen molar-refractivity contribution < 1.29 is 18.0 Å². The zero-order valence-electron chi connectivity index (χ0n) is 16.3. The summed E-state index contributed by atoms with van der Waals surface area (Å²) in [4.78, 5) is 8.17. The maximum absolute atomic E-state index is 14.3. The van der Waals surface area contributed by atoms with Gasteiger partial charge in [-0.1, -0.05) is 5.16 Å². The average molecular weight is 411 g/mol. The van der Waals surface area contributed by atoms with Crippen LogP contribution in [0.1, 0.15) is 11.5 Å². The van der Waals surface area contributed by atoms with E-state index in [1.54, 1.807) is 18.1 Å². The molecule has 1 aliphatic heterocycles. The van der Waals surface area contributed by atoms with Crippen molar-refractivity contribution in [1.82, 2.24) is 15.0 Å². The van der Waals surface area contributed by atoms with E-state index in [0.717, 1.165) is 23.4 Å². The number of aromatic nitrogens is 2. The lowest BCUT2D eigenvalue weighted by molar-refractivity contribution is 0.214. The highest BCUT2D eigenvalue weighted by Gasteiger charge is 2.24. The molecule has 2 heterocycles. The summed E-state index contributed by atoms with van der Waals surface area (Å²) in [5.74, 6) is 0.274. The molecule has 0 saturated carbocycles. The molecule has 0 amide bonds. The SMILES string of the molecule is COc1ccc(-c2noc(CN3CCN(c4c(F)cc(C#N)cc4F)CC3)n2)cc1. The number of benzene rings is 2. The topological polar surface area (TPSA) is 78.4 Å². The van der Waals surface area contributed by atoms with Crippen LogP contribution < -0.4 is 9.64 Å². The number of rotatable bonds is 5. The number of hydrogen-bond donors (Lipinski definition) is 0. The van der Waals surface area contributed by atoms with Gasteiger partial charge in [0.25, 0.3) is 0 Å². The Kier molecular flexibility index (Phi) is 5.59. The fourth-order valence-corrected chi connectivity index (χ4v) is 3.43. The van der Waals surface area contributed by atoms with Crippen LogP contribution in [0.3, 0.4) is 0 Å². The largest absolute Gasteiger partial charge is 0.497 e. The van der Waals surface area contributed by atoms with Gasteiger partial charge < -0.3 is 14.2 Å². The predicted molar refractivity (Wildman–Crippen MR) is 105 cm³/mol. The van der Waals surface area contributed by atoms with Crippen molar-refractivity contribution in [2.75, 3.05) is 38.2 Å². The van der Waals surface area contributed by atoms with E-state index in [1.807, 2.05) is 24.3 Å². The molecule has 154 valence electrons. The second-order valence-electron chi connectivity index (χ2n) is 6.90. The molecule has 1 fully saturated rings. The van der Waals surface area contributed by atoms with E-state index in [9.17, 15) is 8.78 Å². The van der Waals surface area contributed by atoms with Gasteiger partial charge in [0.1, 0.15) is 11.4 Å². The monoisotopic (exact) mass is 411 g/mol. The first-order chi connectivity index (χ1) is 14.6. The van der Waals surface area contributed by atoms with Gasteiger partial charge in [-0.05, 0) is 36.4 Å². The van der Waals surface area contributed by atoms with E-state index in [0.29, 0.717) is 44.4 Å². The predicted octanol–water partition coefficient (Wildman–Crippen LogP) is 3.22. The van der Waals surface area contributed by atoms with Gasteiger partial charge in [-0.3, -0.25) is 4.90 Å². The van der Waals surface area contributed by atoms with Crippen molar-refractivity contribution in [3.63, 3.8) is 0 Å². The van der Waals surface area contributed by atoms with Gasteiger partial charge in [-0.25, -0.2) is 8.78 Å². The van der Waals surface area contributed by atoms with Gasteiger partial charge in [0.2, 0.25) is 11.7 Å². The Morgan fingerprint density at radius 1 is 1.10 bits per heavy atom. The molecule has 30 heavy (non-hydrogen) atoms. The maximum atomic E-state index is 14.3. The lowest BCUT2D eigenvalue weighted by Gasteiger charge is -2.35.